The third-order valence-corrected chi connectivity index (χ3v) is 0.348. The van der Waals surface area contributed by atoms with Crippen molar-refractivity contribution in [3.05, 3.63) is 0 Å². The largest absolute Gasteiger partial charge is 0.370 e. The number of hydrogen-bond donors (Lipinski definition) is 1. The van der Waals surface area contributed by atoms with Gasteiger partial charge in [-0.15, -0.1) is 0 Å². The van der Waals surface area contributed by atoms with Crippen LogP contribution < -0.4 is 5.73 Å². The molecule has 0 aliphatic heterocycles. The Morgan fingerprint density at radius 2 is 2.00 bits per heavy atom. The van der Waals surface area contributed by atoms with Crippen molar-refractivity contribution in [3.63, 3.8) is 0 Å². The molecule has 0 heterocycles. The van der Waals surface area contributed by atoms with Gasteiger partial charge in [0, 0.05) is 32.6 Å². The quantitative estimate of drug-likeness (QED) is 0.577. The van der Waals surface area contributed by atoms with Gasteiger partial charge in [-0.25, -0.2) is 0 Å². The van der Waals surface area contributed by atoms with Crippen molar-refractivity contribution in [2.24, 2.45) is 5.73 Å². The molecule has 34 valence electrons. The molecule has 0 bridgehead atoms. The maximum Gasteiger partial charge on any atom is 0.217 e. The molecular formula is C3H7NOZr. The molecule has 1 amide bonds. The molecule has 0 rings (SSSR count). The van der Waals surface area contributed by atoms with Gasteiger partial charge in [0.2, 0.25) is 5.91 Å². The standard InChI is InChI=1S/C3H7NO.Zr/c1-2-3(4)5;/h2H2,1H3,(H2,4,5);. The van der Waals surface area contributed by atoms with Crippen LogP contribution in [-0.2, 0) is 31.0 Å². The molecule has 0 fully saturated rings. The van der Waals surface area contributed by atoms with Crippen LogP contribution in [0.3, 0.4) is 0 Å². The van der Waals surface area contributed by atoms with E-state index in [4.69, 9.17) is 0 Å². The van der Waals surface area contributed by atoms with Crippen molar-refractivity contribution in [1.82, 2.24) is 0 Å². The Morgan fingerprint density at radius 3 is 2.00 bits per heavy atom. The SMILES string of the molecule is CCC(N)=O.[Zr]. The predicted molar refractivity (Wildman–Crippen MR) is 19.5 cm³/mol. The van der Waals surface area contributed by atoms with E-state index in [1.807, 2.05) is 0 Å². The minimum atomic E-state index is -0.245. The Morgan fingerprint density at radius 1 is 1.83 bits per heavy atom. The molecule has 0 unspecified atom stereocenters. The van der Waals surface area contributed by atoms with Crippen molar-refractivity contribution in [2.75, 3.05) is 0 Å². The van der Waals surface area contributed by atoms with E-state index in [0.717, 1.165) is 0 Å². The van der Waals surface area contributed by atoms with Crippen LogP contribution in [0.15, 0.2) is 0 Å². The first-order valence-corrected chi connectivity index (χ1v) is 1.55. The van der Waals surface area contributed by atoms with Gasteiger partial charge in [0.25, 0.3) is 0 Å². The third-order valence-electron chi connectivity index (χ3n) is 0.348. The second kappa shape index (κ2) is 5.35. The van der Waals surface area contributed by atoms with Gasteiger partial charge in [0.15, 0.2) is 0 Å². The monoisotopic (exact) mass is 163 g/mol. The number of carbonyl (C=O) groups is 1. The average Bonchev–Trinajstić information content (AvgIpc) is 1.38. The molecular weight excluding hydrogens is 157 g/mol. The van der Waals surface area contributed by atoms with E-state index in [1.165, 1.54) is 0 Å². The van der Waals surface area contributed by atoms with Gasteiger partial charge in [-0.2, -0.15) is 0 Å². The van der Waals surface area contributed by atoms with Crippen molar-refractivity contribution < 1.29 is 31.0 Å². The van der Waals surface area contributed by atoms with Crippen molar-refractivity contribution in [1.29, 1.82) is 0 Å². The molecule has 0 saturated heterocycles. The summed E-state index contributed by atoms with van der Waals surface area (Å²) in [5, 5.41) is 0. The van der Waals surface area contributed by atoms with Gasteiger partial charge in [-0.1, -0.05) is 6.92 Å². The van der Waals surface area contributed by atoms with E-state index in [-0.39, 0.29) is 32.1 Å². The molecule has 2 nitrogen and oxygen atoms in total. The molecule has 0 aromatic rings. The summed E-state index contributed by atoms with van der Waals surface area (Å²) in [4.78, 5) is 9.59. The summed E-state index contributed by atoms with van der Waals surface area (Å²) in [6.45, 7) is 1.72. The van der Waals surface area contributed by atoms with Crippen molar-refractivity contribution in [2.45, 2.75) is 13.3 Å². The van der Waals surface area contributed by atoms with Crippen LogP contribution in [0.25, 0.3) is 0 Å². The Labute approximate surface area is 56.2 Å². The van der Waals surface area contributed by atoms with Crippen molar-refractivity contribution in [3.8, 4) is 0 Å². The molecule has 3 heteroatoms. The van der Waals surface area contributed by atoms with Crippen LogP contribution in [0.2, 0.25) is 0 Å². The van der Waals surface area contributed by atoms with Crippen LogP contribution in [0.1, 0.15) is 13.3 Å². The Hall–Kier alpha value is 0.353. The number of rotatable bonds is 1. The van der Waals surface area contributed by atoms with Gasteiger partial charge in [-0.3, -0.25) is 4.79 Å². The number of nitrogens with two attached hydrogens (primary N) is 1. The fourth-order valence-corrected chi connectivity index (χ4v) is 0. The number of amides is 1. The zero-order valence-corrected chi connectivity index (χ0v) is 6.15. The topological polar surface area (TPSA) is 43.1 Å². The number of carbonyl (C=O) groups excluding carboxylic acids is 1. The summed E-state index contributed by atoms with van der Waals surface area (Å²) in [5.41, 5.74) is 4.65. The maximum atomic E-state index is 9.59. The molecule has 0 aromatic heterocycles. The van der Waals surface area contributed by atoms with E-state index in [2.05, 4.69) is 5.73 Å². The van der Waals surface area contributed by atoms with Crippen LogP contribution in [0.5, 0.6) is 0 Å². The molecule has 0 radical (unpaired) electrons. The summed E-state index contributed by atoms with van der Waals surface area (Å²) >= 11 is 0. The van der Waals surface area contributed by atoms with Crippen molar-refractivity contribution >= 4 is 5.91 Å². The molecule has 0 aromatic carbocycles. The summed E-state index contributed by atoms with van der Waals surface area (Å²) in [5.74, 6) is -0.245. The molecule has 0 spiro atoms. The van der Waals surface area contributed by atoms with Gasteiger partial charge < -0.3 is 5.73 Å². The van der Waals surface area contributed by atoms with E-state index in [1.54, 1.807) is 6.92 Å². The third kappa shape index (κ3) is 8.84. The Balaban J connectivity index is 0. The minimum Gasteiger partial charge on any atom is -0.370 e. The minimum absolute atomic E-state index is 0. The zero-order chi connectivity index (χ0) is 4.28. The van der Waals surface area contributed by atoms with Crippen LogP contribution in [0, 0.1) is 0 Å². The maximum absolute atomic E-state index is 9.59. The second-order valence-electron chi connectivity index (χ2n) is 0.820. The summed E-state index contributed by atoms with van der Waals surface area (Å²) in [7, 11) is 0. The van der Waals surface area contributed by atoms with E-state index >= 15 is 0 Å². The summed E-state index contributed by atoms with van der Waals surface area (Å²) in [6.07, 6.45) is 0.444. The molecule has 0 saturated carbocycles. The fourth-order valence-electron chi connectivity index (χ4n) is 0. The van der Waals surface area contributed by atoms with Gasteiger partial charge in [-0.05, 0) is 0 Å². The van der Waals surface area contributed by atoms with E-state index in [9.17, 15) is 4.79 Å². The molecule has 0 aliphatic carbocycles. The fraction of sp³-hybridized carbons (Fsp3) is 0.667. The Bertz CT molecular complexity index is 46.1. The molecule has 0 aliphatic rings. The molecule has 0 atom stereocenters. The van der Waals surface area contributed by atoms with Gasteiger partial charge >= 0.3 is 0 Å². The normalized spacial score (nSPS) is 6.17. The van der Waals surface area contributed by atoms with E-state index < -0.39 is 0 Å². The summed E-state index contributed by atoms with van der Waals surface area (Å²) in [6, 6.07) is 0. The van der Waals surface area contributed by atoms with Gasteiger partial charge in [0.1, 0.15) is 0 Å². The van der Waals surface area contributed by atoms with E-state index in [0.29, 0.717) is 6.42 Å². The molecule has 2 N–H and O–H groups in total. The first-order chi connectivity index (χ1) is 2.27. The second-order valence-corrected chi connectivity index (χ2v) is 0.820. The summed E-state index contributed by atoms with van der Waals surface area (Å²) < 4.78 is 0. The average molecular weight is 164 g/mol. The first kappa shape index (κ1) is 9.61. The number of primary amides is 1. The first-order valence-electron chi connectivity index (χ1n) is 1.55. The van der Waals surface area contributed by atoms with Crippen LogP contribution >= 0.6 is 0 Å². The molecule has 6 heavy (non-hydrogen) atoms. The zero-order valence-electron chi connectivity index (χ0n) is 3.69. The smallest absolute Gasteiger partial charge is 0.217 e. The Kier molecular flexibility index (Phi) is 8.57. The number of hydrogen-bond acceptors (Lipinski definition) is 1. The van der Waals surface area contributed by atoms with Crippen LogP contribution in [0.4, 0.5) is 0 Å². The van der Waals surface area contributed by atoms with Gasteiger partial charge in [0.05, 0.1) is 0 Å². The predicted octanol–water partition coefficient (Wildman–Crippen LogP) is -0.121. The van der Waals surface area contributed by atoms with Crippen LogP contribution in [-0.4, -0.2) is 5.91 Å².